The van der Waals surface area contributed by atoms with Crippen LogP contribution in [0.1, 0.15) is 11.4 Å². The fourth-order valence-corrected chi connectivity index (χ4v) is 1.74. The van der Waals surface area contributed by atoms with Gasteiger partial charge in [0.05, 0.1) is 0 Å². The number of aromatic amines is 1. The predicted molar refractivity (Wildman–Crippen MR) is 50.7 cm³/mol. The Morgan fingerprint density at radius 2 is 2.33 bits per heavy atom. The third-order valence-electron chi connectivity index (χ3n) is 1.31. The van der Waals surface area contributed by atoms with Crippen LogP contribution in [-0.4, -0.2) is 16.2 Å². The summed E-state index contributed by atoms with van der Waals surface area (Å²) in [6, 6.07) is 2.02. The quantitative estimate of drug-likeness (QED) is 0.425. The number of hydrogen-bond donors (Lipinski definition) is 1. The number of aryl methyl sites for hydroxylation is 1. The van der Waals surface area contributed by atoms with Gasteiger partial charge in [0.25, 0.3) is 0 Å². The average Bonchev–Trinajstić information content (AvgIpc) is 2.03. The molecule has 0 saturated heterocycles. The zero-order valence-electron chi connectivity index (χ0n) is 6.71. The van der Waals surface area contributed by atoms with Crippen molar-refractivity contribution in [3.63, 3.8) is 0 Å². The molecule has 0 spiro atoms. The van der Waals surface area contributed by atoms with Gasteiger partial charge in [-0.2, -0.15) is 5.26 Å². The highest BCUT2D eigenvalue weighted by atomic mass is 32.2. The van der Waals surface area contributed by atoms with E-state index in [1.165, 1.54) is 11.8 Å². The third kappa shape index (κ3) is 1.65. The van der Waals surface area contributed by atoms with Gasteiger partial charge in [0, 0.05) is 0 Å². The highest BCUT2D eigenvalue weighted by Gasteiger charge is 2.04. The molecule has 0 radical (unpaired) electrons. The Kier molecular flexibility index (Phi) is 2.84. The minimum atomic E-state index is 0.461. The SMILES string of the molecule is CSc1nc(C)[nH]c(=S)c1C#N. The van der Waals surface area contributed by atoms with Crippen LogP contribution in [0.2, 0.25) is 0 Å². The standard InChI is InChI=1S/C7H7N3S2/c1-4-9-6(11)5(3-8)7(10-4)12-2/h1-2H3,(H,9,10,11). The van der Waals surface area contributed by atoms with Gasteiger partial charge in [-0.15, -0.1) is 11.8 Å². The second-order valence-electron chi connectivity index (χ2n) is 2.15. The molecule has 1 aromatic heterocycles. The van der Waals surface area contributed by atoms with Crippen molar-refractivity contribution in [1.29, 1.82) is 5.26 Å². The van der Waals surface area contributed by atoms with E-state index in [1.54, 1.807) is 0 Å². The average molecular weight is 197 g/mol. The Hall–Kier alpha value is -0.860. The summed E-state index contributed by atoms with van der Waals surface area (Å²) in [6.45, 7) is 1.82. The molecule has 0 aliphatic carbocycles. The molecule has 1 rings (SSSR count). The topological polar surface area (TPSA) is 52.5 Å². The van der Waals surface area contributed by atoms with E-state index in [1.807, 2.05) is 19.2 Å². The Labute approximate surface area is 79.8 Å². The van der Waals surface area contributed by atoms with E-state index in [2.05, 4.69) is 9.97 Å². The lowest BCUT2D eigenvalue weighted by Gasteiger charge is -2.00. The summed E-state index contributed by atoms with van der Waals surface area (Å²) >= 11 is 6.39. The number of aromatic nitrogens is 2. The lowest BCUT2D eigenvalue weighted by molar-refractivity contribution is 0.947. The number of thioether (sulfide) groups is 1. The van der Waals surface area contributed by atoms with E-state index in [-0.39, 0.29) is 0 Å². The highest BCUT2D eigenvalue weighted by molar-refractivity contribution is 7.98. The van der Waals surface area contributed by atoms with Crippen LogP contribution in [0, 0.1) is 22.9 Å². The number of nitrogens with zero attached hydrogens (tertiary/aromatic N) is 2. The first kappa shape index (κ1) is 9.23. The molecular formula is C7H7N3S2. The molecule has 0 aliphatic rings. The smallest absolute Gasteiger partial charge is 0.125 e. The van der Waals surface area contributed by atoms with Crippen molar-refractivity contribution in [3.8, 4) is 6.07 Å². The molecule has 3 nitrogen and oxygen atoms in total. The lowest BCUT2D eigenvalue weighted by atomic mass is 10.4. The Morgan fingerprint density at radius 3 is 2.83 bits per heavy atom. The normalized spacial score (nSPS) is 9.42. The molecular weight excluding hydrogens is 190 g/mol. The largest absolute Gasteiger partial charge is 0.334 e. The van der Waals surface area contributed by atoms with Gasteiger partial charge in [0.15, 0.2) is 0 Å². The fourth-order valence-electron chi connectivity index (χ4n) is 0.806. The van der Waals surface area contributed by atoms with E-state index >= 15 is 0 Å². The van der Waals surface area contributed by atoms with Gasteiger partial charge in [0.2, 0.25) is 0 Å². The molecule has 0 amide bonds. The maximum Gasteiger partial charge on any atom is 0.125 e. The summed E-state index contributed by atoms with van der Waals surface area (Å²) in [5, 5.41) is 9.42. The van der Waals surface area contributed by atoms with Gasteiger partial charge in [-0.1, -0.05) is 12.2 Å². The Morgan fingerprint density at radius 1 is 1.67 bits per heavy atom. The summed E-state index contributed by atoms with van der Waals surface area (Å²) < 4.78 is 0.467. The predicted octanol–water partition coefficient (Wildman–Crippen LogP) is 2.04. The van der Waals surface area contributed by atoms with Crippen LogP contribution in [-0.2, 0) is 0 Å². The summed E-state index contributed by atoms with van der Waals surface area (Å²) in [5.74, 6) is 0.739. The van der Waals surface area contributed by atoms with E-state index in [9.17, 15) is 0 Å². The van der Waals surface area contributed by atoms with Crippen LogP contribution >= 0.6 is 24.0 Å². The number of nitrogens with one attached hydrogen (secondary N) is 1. The van der Waals surface area contributed by atoms with Crippen molar-refractivity contribution in [3.05, 3.63) is 16.0 Å². The van der Waals surface area contributed by atoms with Gasteiger partial charge in [-0.3, -0.25) is 0 Å². The fraction of sp³-hybridized carbons (Fsp3) is 0.286. The zero-order chi connectivity index (χ0) is 9.14. The van der Waals surface area contributed by atoms with Crippen molar-refractivity contribution in [2.75, 3.05) is 6.26 Å². The number of nitriles is 1. The van der Waals surface area contributed by atoms with Crippen molar-refractivity contribution in [2.24, 2.45) is 0 Å². The summed E-state index contributed by atoms with van der Waals surface area (Å²) in [6.07, 6.45) is 1.87. The molecule has 62 valence electrons. The molecule has 1 aromatic rings. The molecule has 5 heteroatoms. The number of rotatable bonds is 1. The van der Waals surface area contributed by atoms with Crippen LogP contribution < -0.4 is 0 Å². The summed E-state index contributed by atoms with van der Waals surface area (Å²) in [7, 11) is 0. The molecule has 1 N–H and O–H groups in total. The molecule has 0 atom stereocenters. The van der Waals surface area contributed by atoms with Crippen LogP contribution in [0.25, 0.3) is 0 Å². The Bertz CT molecular complexity index is 389. The monoisotopic (exact) mass is 197 g/mol. The third-order valence-corrected chi connectivity index (χ3v) is 2.30. The van der Waals surface area contributed by atoms with Crippen molar-refractivity contribution in [1.82, 2.24) is 9.97 Å². The van der Waals surface area contributed by atoms with E-state index in [0.717, 1.165) is 5.82 Å². The highest BCUT2D eigenvalue weighted by Crippen LogP contribution is 2.16. The first-order valence-corrected chi connectivity index (χ1v) is 4.87. The molecule has 0 saturated carbocycles. The van der Waals surface area contributed by atoms with E-state index in [4.69, 9.17) is 17.5 Å². The summed E-state index contributed by atoms with van der Waals surface area (Å²) in [4.78, 5) is 6.97. The van der Waals surface area contributed by atoms with Gasteiger partial charge in [-0.25, -0.2) is 4.98 Å². The maximum atomic E-state index is 8.73. The minimum Gasteiger partial charge on any atom is -0.334 e. The molecule has 1 heterocycles. The molecule has 0 bridgehead atoms. The summed E-state index contributed by atoms with van der Waals surface area (Å²) in [5.41, 5.74) is 0.461. The molecule has 0 aliphatic heterocycles. The van der Waals surface area contributed by atoms with Crippen molar-refractivity contribution in [2.45, 2.75) is 11.9 Å². The van der Waals surface area contributed by atoms with Gasteiger partial charge >= 0.3 is 0 Å². The molecule has 0 unspecified atom stereocenters. The minimum absolute atomic E-state index is 0.461. The van der Waals surface area contributed by atoms with E-state index in [0.29, 0.717) is 15.2 Å². The number of H-pyrrole nitrogens is 1. The van der Waals surface area contributed by atoms with Crippen LogP contribution in [0.15, 0.2) is 5.03 Å². The second kappa shape index (κ2) is 3.70. The van der Waals surface area contributed by atoms with Gasteiger partial charge < -0.3 is 4.98 Å². The van der Waals surface area contributed by atoms with E-state index < -0.39 is 0 Å². The zero-order valence-corrected chi connectivity index (χ0v) is 8.34. The molecule has 0 aromatic carbocycles. The molecule has 12 heavy (non-hydrogen) atoms. The van der Waals surface area contributed by atoms with Crippen molar-refractivity contribution >= 4 is 24.0 Å². The molecule has 0 fully saturated rings. The van der Waals surface area contributed by atoms with Gasteiger partial charge in [-0.05, 0) is 13.2 Å². The number of hydrogen-bond acceptors (Lipinski definition) is 4. The lowest BCUT2D eigenvalue weighted by Crippen LogP contribution is -1.94. The van der Waals surface area contributed by atoms with Gasteiger partial charge in [0.1, 0.15) is 27.1 Å². The Balaban J connectivity index is 3.47. The maximum absolute atomic E-state index is 8.73. The first-order valence-electron chi connectivity index (χ1n) is 3.24. The van der Waals surface area contributed by atoms with Crippen molar-refractivity contribution < 1.29 is 0 Å². The second-order valence-corrected chi connectivity index (χ2v) is 3.35. The van der Waals surface area contributed by atoms with Crippen LogP contribution in [0.5, 0.6) is 0 Å². The van der Waals surface area contributed by atoms with Crippen LogP contribution in [0.3, 0.4) is 0 Å². The first-order chi connectivity index (χ1) is 5.69. The van der Waals surface area contributed by atoms with Crippen LogP contribution in [0.4, 0.5) is 0 Å².